The molecule has 0 saturated carbocycles. The van der Waals surface area contributed by atoms with Gasteiger partial charge in [-0.15, -0.1) is 0 Å². The van der Waals surface area contributed by atoms with Crippen LogP contribution in [0.2, 0.25) is 0 Å². The van der Waals surface area contributed by atoms with Crippen LogP contribution >= 0.6 is 0 Å². The predicted octanol–water partition coefficient (Wildman–Crippen LogP) is 2.75. The number of hydrogen-bond donors (Lipinski definition) is 2. The van der Waals surface area contributed by atoms with E-state index in [1.165, 1.54) is 0 Å². The molecule has 2 aromatic carbocycles. The lowest BCUT2D eigenvalue weighted by atomic mass is 10.0. The van der Waals surface area contributed by atoms with Crippen LogP contribution in [-0.4, -0.2) is 24.2 Å². The van der Waals surface area contributed by atoms with Crippen molar-refractivity contribution in [3.63, 3.8) is 0 Å². The standard InChI is InChI=1S/C14H12F2N2O/c15-14(16,9-19)8-18-13-6-5-10(7-17)11-3-1-2-4-12(11)13/h1-6,18-19H,8-9H2. The Morgan fingerprint density at radius 1 is 1.16 bits per heavy atom. The third-order valence-electron chi connectivity index (χ3n) is 2.81. The van der Waals surface area contributed by atoms with Gasteiger partial charge in [0.15, 0.2) is 0 Å². The van der Waals surface area contributed by atoms with Crippen molar-refractivity contribution in [3.8, 4) is 6.07 Å². The van der Waals surface area contributed by atoms with E-state index in [1.54, 1.807) is 36.4 Å². The lowest BCUT2D eigenvalue weighted by Gasteiger charge is -2.16. The second-order valence-electron chi connectivity index (χ2n) is 4.19. The van der Waals surface area contributed by atoms with Crippen LogP contribution < -0.4 is 5.32 Å². The highest BCUT2D eigenvalue weighted by molar-refractivity contribution is 5.97. The number of benzene rings is 2. The summed E-state index contributed by atoms with van der Waals surface area (Å²) in [4.78, 5) is 0. The van der Waals surface area contributed by atoms with Gasteiger partial charge >= 0.3 is 0 Å². The summed E-state index contributed by atoms with van der Waals surface area (Å²) in [5.41, 5.74) is 1.01. The molecule has 0 amide bonds. The van der Waals surface area contributed by atoms with Crippen molar-refractivity contribution < 1.29 is 13.9 Å². The number of anilines is 1. The molecule has 0 unspecified atom stereocenters. The summed E-state index contributed by atoms with van der Waals surface area (Å²) >= 11 is 0. The largest absolute Gasteiger partial charge is 0.390 e. The van der Waals surface area contributed by atoms with Crippen LogP contribution in [0.15, 0.2) is 36.4 Å². The maximum atomic E-state index is 13.0. The Labute approximate surface area is 109 Å². The molecular formula is C14H12F2N2O. The van der Waals surface area contributed by atoms with Crippen molar-refractivity contribution in [3.05, 3.63) is 42.0 Å². The van der Waals surface area contributed by atoms with Crippen molar-refractivity contribution in [1.29, 1.82) is 5.26 Å². The topological polar surface area (TPSA) is 56.0 Å². The minimum atomic E-state index is -3.17. The Bertz CT molecular complexity index is 635. The number of aliphatic hydroxyl groups is 1. The molecule has 2 aromatic rings. The minimum absolute atomic E-state index is 0.495. The highest BCUT2D eigenvalue weighted by Gasteiger charge is 2.27. The number of fused-ring (bicyclic) bond motifs is 1. The van der Waals surface area contributed by atoms with E-state index < -0.39 is 19.1 Å². The minimum Gasteiger partial charge on any atom is -0.390 e. The molecule has 0 radical (unpaired) electrons. The normalized spacial score (nSPS) is 11.3. The van der Waals surface area contributed by atoms with Gasteiger partial charge in [-0.1, -0.05) is 24.3 Å². The number of aliphatic hydroxyl groups excluding tert-OH is 1. The van der Waals surface area contributed by atoms with E-state index in [0.717, 1.165) is 0 Å². The predicted molar refractivity (Wildman–Crippen MR) is 69.2 cm³/mol. The highest BCUT2D eigenvalue weighted by atomic mass is 19.3. The maximum Gasteiger partial charge on any atom is 0.287 e. The van der Waals surface area contributed by atoms with E-state index in [-0.39, 0.29) is 0 Å². The van der Waals surface area contributed by atoms with E-state index in [2.05, 4.69) is 11.4 Å². The van der Waals surface area contributed by atoms with Crippen LogP contribution in [0, 0.1) is 11.3 Å². The molecule has 0 bridgehead atoms. The van der Waals surface area contributed by atoms with Gasteiger partial charge in [0.05, 0.1) is 18.2 Å². The molecule has 0 aliphatic heterocycles. The van der Waals surface area contributed by atoms with Crippen LogP contribution in [0.1, 0.15) is 5.56 Å². The third-order valence-corrected chi connectivity index (χ3v) is 2.81. The average Bonchev–Trinajstić information content (AvgIpc) is 2.44. The Morgan fingerprint density at radius 2 is 1.84 bits per heavy atom. The molecule has 2 rings (SSSR count). The molecule has 0 spiro atoms. The lowest BCUT2D eigenvalue weighted by molar-refractivity contribution is -0.0372. The summed E-state index contributed by atoms with van der Waals surface area (Å²) in [6, 6.07) is 12.3. The molecule has 19 heavy (non-hydrogen) atoms. The van der Waals surface area contributed by atoms with Crippen LogP contribution in [0.4, 0.5) is 14.5 Å². The zero-order valence-electron chi connectivity index (χ0n) is 10.0. The molecule has 0 heterocycles. The molecule has 0 atom stereocenters. The quantitative estimate of drug-likeness (QED) is 0.890. The van der Waals surface area contributed by atoms with Crippen LogP contribution in [0.25, 0.3) is 10.8 Å². The SMILES string of the molecule is N#Cc1ccc(NCC(F)(F)CO)c2ccccc12. The van der Waals surface area contributed by atoms with Gasteiger partial charge in [0, 0.05) is 16.5 Å². The summed E-state index contributed by atoms with van der Waals surface area (Å²) in [5, 5.41) is 21.6. The van der Waals surface area contributed by atoms with Crippen molar-refractivity contribution in [2.75, 3.05) is 18.5 Å². The molecule has 0 saturated heterocycles. The fourth-order valence-electron chi connectivity index (χ4n) is 1.83. The third kappa shape index (κ3) is 2.80. The van der Waals surface area contributed by atoms with Gasteiger partial charge in [0.1, 0.15) is 6.61 Å². The van der Waals surface area contributed by atoms with Crippen LogP contribution in [-0.2, 0) is 0 Å². The van der Waals surface area contributed by atoms with Crippen molar-refractivity contribution >= 4 is 16.5 Å². The van der Waals surface area contributed by atoms with E-state index in [1.807, 2.05) is 0 Å². The molecule has 98 valence electrons. The first kappa shape index (κ1) is 13.2. The first-order chi connectivity index (χ1) is 9.07. The van der Waals surface area contributed by atoms with Gasteiger partial charge in [-0.2, -0.15) is 5.26 Å². The van der Waals surface area contributed by atoms with Crippen molar-refractivity contribution in [1.82, 2.24) is 0 Å². The van der Waals surface area contributed by atoms with E-state index in [9.17, 15) is 8.78 Å². The van der Waals surface area contributed by atoms with E-state index >= 15 is 0 Å². The smallest absolute Gasteiger partial charge is 0.287 e. The summed E-state index contributed by atoms with van der Waals surface area (Å²) in [6.45, 7) is -1.85. The van der Waals surface area contributed by atoms with Crippen LogP contribution in [0.3, 0.4) is 0 Å². The van der Waals surface area contributed by atoms with Gasteiger partial charge in [-0.25, -0.2) is 8.78 Å². The number of nitriles is 1. The fraction of sp³-hybridized carbons (Fsp3) is 0.214. The summed E-state index contributed by atoms with van der Waals surface area (Å²) in [6.07, 6.45) is 0. The Kier molecular flexibility index (Phi) is 3.63. The summed E-state index contributed by atoms with van der Waals surface area (Å²) < 4.78 is 26.0. The first-order valence-corrected chi connectivity index (χ1v) is 5.72. The Hall–Kier alpha value is -2.19. The summed E-state index contributed by atoms with van der Waals surface area (Å²) in [7, 11) is 0. The maximum absolute atomic E-state index is 13.0. The number of hydrogen-bond acceptors (Lipinski definition) is 3. The number of halogens is 2. The van der Waals surface area contributed by atoms with E-state index in [4.69, 9.17) is 10.4 Å². The molecular weight excluding hydrogens is 250 g/mol. The fourth-order valence-corrected chi connectivity index (χ4v) is 1.83. The lowest BCUT2D eigenvalue weighted by Crippen LogP contribution is -2.31. The number of alkyl halides is 2. The molecule has 3 nitrogen and oxygen atoms in total. The van der Waals surface area contributed by atoms with Gasteiger partial charge in [-0.3, -0.25) is 0 Å². The average molecular weight is 262 g/mol. The molecule has 5 heteroatoms. The van der Waals surface area contributed by atoms with Gasteiger partial charge < -0.3 is 10.4 Å². The number of nitrogens with zero attached hydrogens (tertiary/aromatic N) is 1. The first-order valence-electron chi connectivity index (χ1n) is 5.72. The molecule has 2 N–H and O–H groups in total. The van der Waals surface area contributed by atoms with Crippen LogP contribution in [0.5, 0.6) is 0 Å². The summed E-state index contributed by atoms with van der Waals surface area (Å²) in [5.74, 6) is -3.17. The Balaban J connectivity index is 2.38. The highest BCUT2D eigenvalue weighted by Crippen LogP contribution is 2.27. The zero-order chi connectivity index (χ0) is 13.9. The molecule has 0 fully saturated rings. The number of rotatable bonds is 4. The zero-order valence-corrected chi connectivity index (χ0v) is 10.0. The molecule has 0 aliphatic rings. The Morgan fingerprint density at radius 3 is 2.47 bits per heavy atom. The van der Waals surface area contributed by atoms with Gasteiger partial charge in [0.25, 0.3) is 5.92 Å². The second kappa shape index (κ2) is 5.21. The second-order valence-corrected chi connectivity index (χ2v) is 4.19. The van der Waals surface area contributed by atoms with Gasteiger partial charge in [-0.05, 0) is 12.1 Å². The molecule has 0 aromatic heterocycles. The number of nitrogens with one attached hydrogen (secondary N) is 1. The van der Waals surface area contributed by atoms with E-state index in [0.29, 0.717) is 22.0 Å². The monoisotopic (exact) mass is 262 g/mol. The van der Waals surface area contributed by atoms with Crippen molar-refractivity contribution in [2.45, 2.75) is 5.92 Å². The van der Waals surface area contributed by atoms with Crippen molar-refractivity contribution in [2.24, 2.45) is 0 Å². The molecule has 0 aliphatic carbocycles. The van der Waals surface area contributed by atoms with Gasteiger partial charge in [0.2, 0.25) is 0 Å².